The van der Waals surface area contributed by atoms with Crippen molar-refractivity contribution in [2.24, 2.45) is 7.05 Å². The van der Waals surface area contributed by atoms with E-state index in [4.69, 9.17) is 0 Å². The van der Waals surface area contributed by atoms with Crippen molar-refractivity contribution in [3.63, 3.8) is 0 Å². The molecule has 1 aromatic heterocycles. The lowest BCUT2D eigenvalue weighted by atomic mass is 10.1. The van der Waals surface area contributed by atoms with Gasteiger partial charge in [0.05, 0.1) is 11.8 Å². The molecule has 0 saturated carbocycles. The topological polar surface area (TPSA) is 42.3 Å². The van der Waals surface area contributed by atoms with E-state index >= 15 is 0 Å². The molecule has 0 N–H and O–H groups in total. The molecule has 1 atom stereocenters. The normalized spacial score (nSPS) is 21.6. The van der Waals surface area contributed by atoms with Crippen molar-refractivity contribution in [2.45, 2.75) is 38.6 Å². The van der Waals surface area contributed by atoms with Crippen LogP contribution in [0.5, 0.6) is 0 Å². The third-order valence-corrected chi connectivity index (χ3v) is 5.60. The highest BCUT2D eigenvalue weighted by molar-refractivity contribution is 7.89. The number of hydrogen-bond acceptors (Lipinski definition) is 2. The predicted molar refractivity (Wildman–Crippen MR) is 72.8 cm³/mol. The highest BCUT2D eigenvalue weighted by Crippen LogP contribution is 2.34. The molecule has 0 amide bonds. The number of aromatic nitrogens is 1. The van der Waals surface area contributed by atoms with Crippen LogP contribution in [0.4, 0.5) is 0 Å². The average molecular weight is 270 g/mol. The van der Waals surface area contributed by atoms with Gasteiger partial charge in [-0.15, -0.1) is 0 Å². The minimum absolute atomic E-state index is 0.0341. The van der Waals surface area contributed by atoms with Gasteiger partial charge in [-0.05, 0) is 31.4 Å². The summed E-state index contributed by atoms with van der Waals surface area (Å²) in [4.78, 5) is 0. The molecule has 5 heteroatoms. The zero-order valence-electron chi connectivity index (χ0n) is 11.2. The Bertz CT molecular complexity index is 493. The van der Waals surface area contributed by atoms with Gasteiger partial charge in [0.1, 0.15) is 0 Å². The fourth-order valence-electron chi connectivity index (χ4n) is 2.63. The Labute approximate surface area is 110 Å². The lowest BCUT2D eigenvalue weighted by molar-refractivity contribution is 0.383. The summed E-state index contributed by atoms with van der Waals surface area (Å²) in [5, 5.41) is 0. The van der Waals surface area contributed by atoms with Gasteiger partial charge in [-0.3, -0.25) is 0 Å². The van der Waals surface area contributed by atoms with E-state index in [1.54, 1.807) is 4.31 Å². The number of sulfonamides is 1. The Morgan fingerprint density at radius 3 is 2.83 bits per heavy atom. The number of unbranched alkanes of at least 4 members (excludes halogenated alkanes) is 1. The van der Waals surface area contributed by atoms with E-state index in [1.165, 1.54) is 0 Å². The third kappa shape index (κ3) is 2.62. The van der Waals surface area contributed by atoms with E-state index in [2.05, 4.69) is 0 Å². The largest absolute Gasteiger partial charge is 0.353 e. The summed E-state index contributed by atoms with van der Waals surface area (Å²) < 4.78 is 28.4. The van der Waals surface area contributed by atoms with Crippen molar-refractivity contribution in [1.29, 1.82) is 0 Å². The molecule has 1 fully saturated rings. The molecule has 4 nitrogen and oxygen atoms in total. The monoisotopic (exact) mass is 270 g/mol. The number of aryl methyl sites for hydroxylation is 1. The van der Waals surface area contributed by atoms with Gasteiger partial charge in [0.2, 0.25) is 10.0 Å². The molecule has 0 aliphatic carbocycles. The zero-order chi connectivity index (χ0) is 13.2. The summed E-state index contributed by atoms with van der Waals surface area (Å²) in [6, 6.07) is 4.04. The average Bonchev–Trinajstić information content (AvgIpc) is 2.94. The molecule has 2 heterocycles. The minimum Gasteiger partial charge on any atom is -0.353 e. The first-order chi connectivity index (χ1) is 8.56. The molecule has 0 aromatic carbocycles. The van der Waals surface area contributed by atoms with Crippen molar-refractivity contribution in [3.8, 4) is 0 Å². The van der Waals surface area contributed by atoms with Crippen LogP contribution in [0.15, 0.2) is 18.3 Å². The summed E-state index contributed by atoms with van der Waals surface area (Å²) in [6.07, 6.45) is 5.54. The summed E-state index contributed by atoms with van der Waals surface area (Å²) in [5.74, 6) is 0.282. The second kappa shape index (κ2) is 5.45. The van der Waals surface area contributed by atoms with Crippen LogP contribution in [0.25, 0.3) is 0 Å². The van der Waals surface area contributed by atoms with Gasteiger partial charge in [0.25, 0.3) is 0 Å². The maximum Gasteiger partial charge on any atom is 0.214 e. The van der Waals surface area contributed by atoms with Gasteiger partial charge in [-0.1, -0.05) is 13.3 Å². The van der Waals surface area contributed by atoms with Crippen LogP contribution in [0, 0.1) is 0 Å². The third-order valence-electron chi connectivity index (χ3n) is 3.64. The van der Waals surface area contributed by atoms with Crippen LogP contribution in [-0.2, 0) is 17.1 Å². The fraction of sp³-hybridized carbons (Fsp3) is 0.692. The van der Waals surface area contributed by atoms with E-state index in [0.717, 1.165) is 31.4 Å². The SMILES string of the molecule is CCCCS(=O)(=O)N1CCCC1c1cccn1C. The zero-order valence-corrected chi connectivity index (χ0v) is 12.0. The minimum atomic E-state index is -3.09. The van der Waals surface area contributed by atoms with Gasteiger partial charge in [-0.2, -0.15) is 4.31 Å². The lowest BCUT2D eigenvalue weighted by Gasteiger charge is -2.24. The second-order valence-electron chi connectivity index (χ2n) is 4.98. The van der Waals surface area contributed by atoms with Gasteiger partial charge < -0.3 is 4.57 Å². The first-order valence-corrected chi connectivity index (χ1v) is 8.28. The summed E-state index contributed by atoms with van der Waals surface area (Å²) in [6.45, 7) is 2.69. The molecule has 2 rings (SSSR count). The van der Waals surface area contributed by atoms with Crippen molar-refractivity contribution in [3.05, 3.63) is 24.0 Å². The number of hydrogen-bond donors (Lipinski definition) is 0. The molecule has 0 bridgehead atoms. The van der Waals surface area contributed by atoms with Gasteiger partial charge in [0, 0.05) is 25.5 Å². The molecule has 1 unspecified atom stereocenters. The number of rotatable bonds is 5. The first-order valence-electron chi connectivity index (χ1n) is 6.67. The van der Waals surface area contributed by atoms with Crippen LogP contribution < -0.4 is 0 Å². The summed E-state index contributed by atoms with van der Waals surface area (Å²) >= 11 is 0. The quantitative estimate of drug-likeness (QED) is 0.824. The maximum atomic E-state index is 12.3. The van der Waals surface area contributed by atoms with Crippen LogP contribution >= 0.6 is 0 Å². The fourth-order valence-corrected chi connectivity index (χ4v) is 4.53. The van der Waals surface area contributed by atoms with Crippen molar-refractivity contribution in [2.75, 3.05) is 12.3 Å². The molecule has 0 radical (unpaired) electrons. The Morgan fingerprint density at radius 2 is 2.22 bits per heavy atom. The Kier molecular flexibility index (Phi) is 4.12. The van der Waals surface area contributed by atoms with Crippen LogP contribution in [-0.4, -0.2) is 29.6 Å². The summed E-state index contributed by atoms with van der Waals surface area (Å²) in [7, 11) is -1.12. The second-order valence-corrected chi connectivity index (χ2v) is 7.02. The highest BCUT2D eigenvalue weighted by atomic mass is 32.2. The molecule has 0 spiro atoms. The van der Waals surface area contributed by atoms with Gasteiger partial charge in [-0.25, -0.2) is 8.42 Å². The van der Waals surface area contributed by atoms with Crippen molar-refractivity contribution >= 4 is 10.0 Å². The van der Waals surface area contributed by atoms with Gasteiger partial charge >= 0.3 is 0 Å². The van der Waals surface area contributed by atoms with Crippen LogP contribution in [0.2, 0.25) is 0 Å². The molecule has 102 valence electrons. The molecule has 1 aliphatic heterocycles. The van der Waals surface area contributed by atoms with Gasteiger partial charge in [0.15, 0.2) is 0 Å². The standard InChI is InChI=1S/C13H22N2O2S/c1-3-4-11-18(16,17)15-10-6-8-13(15)12-7-5-9-14(12)2/h5,7,9,13H,3-4,6,8,10-11H2,1-2H3. The van der Waals surface area contributed by atoms with E-state index in [0.29, 0.717) is 6.54 Å². The predicted octanol–water partition coefficient (Wildman–Crippen LogP) is 2.29. The molecule has 1 aliphatic rings. The molecular weight excluding hydrogens is 248 g/mol. The van der Waals surface area contributed by atoms with E-state index in [9.17, 15) is 8.42 Å². The van der Waals surface area contributed by atoms with E-state index < -0.39 is 10.0 Å². The molecule has 18 heavy (non-hydrogen) atoms. The lowest BCUT2D eigenvalue weighted by Crippen LogP contribution is -2.33. The molecule has 1 aromatic rings. The van der Waals surface area contributed by atoms with E-state index in [1.807, 2.05) is 36.9 Å². The summed E-state index contributed by atoms with van der Waals surface area (Å²) in [5.41, 5.74) is 1.10. The molecule has 1 saturated heterocycles. The van der Waals surface area contributed by atoms with Crippen LogP contribution in [0.1, 0.15) is 44.3 Å². The molecular formula is C13H22N2O2S. The van der Waals surface area contributed by atoms with Crippen molar-refractivity contribution in [1.82, 2.24) is 8.87 Å². The smallest absolute Gasteiger partial charge is 0.214 e. The first kappa shape index (κ1) is 13.6. The maximum absolute atomic E-state index is 12.3. The number of nitrogens with zero attached hydrogens (tertiary/aromatic N) is 2. The Hall–Kier alpha value is -0.810. The van der Waals surface area contributed by atoms with Crippen molar-refractivity contribution < 1.29 is 8.42 Å². The van der Waals surface area contributed by atoms with E-state index in [-0.39, 0.29) is 11.8 Å². The van der Waals surface area contributed by atoms with Crippen LogP contribution in [0.3, 0.4) is 0 Å². The Morgan fingerprint density at radius 1 is 1.44 bits per heavy atom. The highest BCUT2D eigenvalue weighted by Gasteiger charge is 2.35. The Balaban J connectivity index is 2.20.